The molecule has 35 heavy (non-hydrogen) atoms. The number of benzene rings is 2. The Hall–Kier alpha value is -3.47. The van der Waals surface area contributed by atoms with Crippen molar-refractivity contribution in [1.82, 2.24) is 10.3 Å². The molecule has 1 aliphatic rings. The second-order valence-corrected chi connectivity index (χ2v) is 10.3. The smallest absolute Gasteiger partial charge is 0.399 e. The molecule has 186 valence electrons. The summed E-state index contributed by atoms with van der Waals surface area (Å²) in [5.74, 6) is -1.54. The van der Waals surface area contributed by atoms with Crippen LogP contribution in [0.25, 0.3) is 0 Å². The third-order valence-electron chi connectivity index (χ3n) is 5.77. The molecule has 1 amide bonds. The van der Waals surface area contributed by atoms with Gasteiger partial charge in [0.2, 0.25) is 10.0 Å². The van der Waals surface area contributed by atoms with Gasteiger partial charge in [-0.3, -0.25) is 9.52 Å². The summed E-state index contributed by atoms with van der Waals surface area (Å²) >= 11 is 0. The summed E-state index contributed by atoms with van der Waals surface area (Å²) in [5, 5.41) is 2.60. The first kappa shape index (κ1) is 24.6. The Labute approximate surface area is 201 Å². The first-order valence-electron chi connectivity index (χ1n) is 11.1. The maximum absolute atomic E-state index is 14.1. The average molecular weight is 506 g/mol. The van der Waals surface area contributed by atoms with Crippen molar-refractivity contribution < 1.29 is 31.1 Å². The number of nitrogens with zero attached hydrogens (tertiary/aromatic N) is 1. The molecule has 8 nitrogen and oxygen atoms in total. The number of fused-ring (bicyclic) bond motifs is 1. The van der Waals surface area contributed by atoms with E-state index in [1.54, 1.807) is 4.72 Å². The summed E-state index contributed by atoms with van der Waals surface area (Å²) in [7, 11) is -3.83. The highest BCUT2D eigenvalue weighted by atomic mass is 32.2. The molecule has 0 bridgehead atoms. The summed E-state index contributed by atoms with van der Waals surface area (Å²) in [6.45, 7) is 2.24. The van der Waals surface area contributed by atoms with Crippen LogP contribution in [0.15, 0.2) is 41.0 Å². The van der Waals surface area contributed by atoms with E-state index in [1.807, 2.05) is 12.1 Å². The first-order valence-corrected chi connectivity index (χ1v) is 13.0. The molecule has 1 heterocycles. The van der Waals surface area contributed by atoms with Crippen molar-refractivity contribution in [1.29, 1.82) is 0 Å². The van der Waals surface area contributed by atoms with Crippen molar-refractivity contribution in [2.24, 2.45) is 0 Å². The second-order valence-electron chi connectivity index (χ2n) is 8.53. The fourth-order valence-electron chi connectivity index (χ4n) is 4.11. The molecule has 0 saturated carbocycles. The van der Waals surface area contributed by atoms with E-state index in [9.17, 15) is 22.0 Å². The number of nitrogens with one attached hydrogen (secondary N) is 2. The van der Waals surface area contributed by atoms with Crippen molar-refractivity contribution >= 4 is 21.6 Å². The number of amides is 1. The molecule has 0 saturated heterocycles. The SMILES string of the molecule is CC1CCCc2c(Oc3nc(C(=O)NCCc4cc(F)c(NS(C)(=O)=O)c(F)c4)co3)cccc21. The first-order chi connectivity index (χ1) is 16.6. The lowest BCUT2D eigenvalue weighted by Gasteiger charge is -2.23. The number of hydrogen-bond acceptors (Lipinski definition) is 6. The minimum Gasteiger partial charge on any atom is -0.416 e. The number of aromatic nitrogens is 1. The van der Waals surface area contributed by atoms with Crippen LogP contribution in [-0.4, -0.2) is 32.1 Å². The summed E-state index contributed by atoms with van der Waals surface area (Å²) in [4.78, 5) is 16.5. The van der Waals surface area contributed by atoms with E-state index in [-0.39, 0.29) is 30.3 Å². The maximum Gasteiger partial charge on any atom is 0.399 e. The van der Waals surface area contributed by atoms with Gasteiger partial charge in [-0.1, -0.05) is 19.1 Å². The van der Waals surface area contributed by atoms with E-state index in [2.05, 4.69) is 23.3 Å². The van der Waals surface area contributed by atoms with E-state index < -0.39 is 33.3 Å². The van der Waals surface area contributed by atoms with E-state index in [4.69, 9.17) is 9.15 Å². The largest absolute Gasteiger partial charge is 0.416 e. The van der Waals surface area contributed by atoms with Gasteiger partial charge in [0.05, 0.1) is 6.26 Å². The molecule has 1 unspecified atom stereocenters. The normalized spacial score (nSPS) is 15.4. The fraction of sp³-hybridized carbons (Fsp3) is 0.333. The number of carbonyl (C=O) groups excluding carboxylic acids is 1. The van der Waals surface area contributed by atoms with Crippen molar-refractivity contribution in [2.75, 3.05) is 17.5 Å². The Morgan fingerprint density at radius 1 is 1.26 bits per heavy atom. The lowest BCUT2D eigenvalue weighted by atomic mass is 9.83. The number of halogens is 2. The minimum absolute atomic E-state index is 0.00299. The van der Waals surface area contributed by atoms with Gasteiger partial charge in [-0.2, -0.15) is 4.98 Å². The van der Waals surface area contributed by atoms with Gasteiger partial charge in [0.1, 0.15) is 17.7 Å². The monoisotopic (exact) mass is 505 g/mol. The molecule has 0 radical (unpaired) electrons. The van der Waals surface area contributed by atoms with Crippen LogP contribution in [0.3, 0.4) is 0 Å². The zero-order chi connectivity index (χ0) is 25.2. The average Bonchev–Trinajstić information content (AvgIpc) is 3.25. The van der Waals surface area contributed by atoms with Crippen LogP contribution in [-0.2, 0) is 22.9 Å². The predicted octanol–water partition coefficient (Wildman–Crippen LogP) is 4.53. The Balaban J connectivity index is 1.35. The van der Waals surface area contributed by atoms with Crippen LogP contribution in [0.1, 0.15) is 52.9 Å². The van der Waals surface area contributed by atoms with Crippen LogP contribution >= 0.6 is 0 Å². The molecule has 3 aromatic rings. The lowest BCUT2D eigenvalue weighted by molar-refractivity contribution is 0.0949. The van der Waals surface area contributed by atoms with Gasteiger partial charge in [-0.15, -0.1) is 0 Å². The summed E-state index contributed by atoms with van der Waals surface area (Å²) in [6.07, 6.45) is 5.11. The number of rotatable bonds is 8. The molecule has 0 aliphatic heterocycles. The highest BCUT2D eigenvalue weighted by Crippen LogP contribution is 2.37. The topological polar surface area (TPSA) is 111 Å². The molecule has 1 aromatic heterocycles. The third kappa shape index (κ3) is 5.97. The molecule has 2 aromatic carbocycles. The lowest BCUT2D eigenvalue weighted by Crippen LogP contribution is -2.26. The quantitative estimate of drug-likeness (QED) is 0.466. The van der Waals surface area contributed by atoms with Crippen LogP contribution < -0.4 is 14.8 Å². The fourth-order valence-corrected chi connectivity index (χ4v) is 4.68. The van der Waals surface area contributed by atoms with Gasteiger partial charge in [0.25, 0.3) is 5.91 Å². The standard InChI is InChI=1S/C24H25F2N3O5S/c1-14-5-3-7-17-16(14)6-4-8-21(17)34-24-28-20(13-33-24)23(30)27-10-9-15-11-18(25)22(19(26)12-15)29-35(2,31)32/h4,6,8,11-14,29H,3,5,7,9-10H2,1-2H3,(H,27,30). The van der Waals surface area contributed by atoms with Crippen molar-refractivity contribution in [3.05, 3.63) is 70.6 Å². The molecule has 4 rings (SSSR count). The molecule has 11 heteroatoms. The van der Waals surface area contributed by atoms with Gasteiger partial charge in [0.15, 0.2) is 17.3 Å². The number of ether oxygens (including phenoxy) is 1. The second kappa shape index (κ2) is 10.0. The van der Waals surface area contributed by atoms with Gasteiger partial charge in [0, 0.05) is 6.54 Å². The van der Waals surface area contributed by atoms with Crippen molar-refractivity contribution in [3.8, 4) is 11.8 Å². The van der Waals surface area contributed by atoms with E-state index >= 15 is 0 Å². The minimum atomic E-state index is -3.83. The molecular formula is C24H25F2N3O5S. The number of hydrogen-bond donors (Lipinski definition) is 2. The van der Waals surface area contributed by atoms with E-state index in [0.717, 1.165) is 43.2 Å². The Morgan fingerprint density at radius 2 is 2.00 bits per heavy atom. The van der Waals surface area contributed by atoms with Gasteiger partial charge < -0.3 is 14.5 Å². The molecule has 0 fully saturated rings. The molecule has 2 N–H and O–H groups in total. The zero-order valence-corrected chi connectivity index (χ0v) is 20.0. The highest BCUT2D eigenvalue weighted by molar-refractivity contribution is 7.92. The maximum atomic E-state index is 14.1. The summed E-state index contributed by atoms with van der Waals surface area (Å²) in [5.41, 5.74) is 1.86. The molecule has 1 aliphatic carbocycles. The Morgan fingerprint density at radius 3 is 2.71 bits per heavy atom. The molecule has 1 atom stereocenters. The Kier molecular flexibility index (Phi) is 7.06. The molecule has 0 spiro atoms. The highest BCUT2D eigenvalue weighted by Gasteiger charge is 2.21. The van der Waals surface area contributed by atoms with Gasteiger partial charge in [-0.25, -0.2) is 17.2 Å². The van der Waals surface area contributed by atoms with Crippen molar-refractivity contribution in [2.45, 2.75) is 38.5 Å². The number of carbonyl (C=O) groups is 1. The molecular weight excluding hydrogens is 480 g/mol. The van der Waals surface area contributed by atoms with E-state index in [1.165, 1.54) is 11.8 Å². The number of sulfonamides is 1. The third-order valence-corrected chi connectivity index (χ3v) is 6.34. The van der Waals surface area contributed by atoms with Crippen LogP contribution in [0.5, 0.6) is 11.8 Å². The van der Waals surface area contributed by atoms with Crippen molar-refractivity contribution in [3.63, 3.8) is 0 Å². The predicted molar refractivity (Wildman–Crippen MR) is 125 cm³/mol. The van der Waals surface area contributed by atoms with Gasteiger partial charge in [-0.05, 0) is 66.5 Å². The van der Waals surface area contributed by atoms with Crippen LogP contribution in [0, 0.1) is 11.6 Å². The van der Waals surface area contributed by atoms with Gasteiger partial charge >= 0.3 is 6.08 Å². The summed E-state index contributed by atoms with van der Waals surface area (Å²) in [6, 6.07) is 7.87. The van der Waals surface area contributed by atoms with Crippen LogP contribution in [0.2, 0.25) is 0 Å². The number of anilines is 1. The number of oxazole rings is 1. The van der Waals surface area contributed by atoms with E-state index in [0.29, 0.717) is 11.7 Å². The summed E-state index contributed by atoms with van der Waals surface area (Å²) < 4.78 is 63.6. The Bertz CT molecular complexity index is 1330. The zero-order valence-electron chi connectivity index (χ0n) is 19.2. The van der Waals surface area contributed by atoms with Crippen LogP contribution in [0.4, 0.5) is 14.5 Å².